The first-order chi connectivity index (χ1) is 6.60. The molecule has 1 heteroatoms. The lowest BCUT2D eigenvalue weighted by Crippen LogP contribution is -2.32. The third kappa shape index (κ3) is 5.36. The molecule has 0 saturated heterocycles. The minimum absolute atomic E-state index is 0.0148. The summed E-state index contributed by atoms with van der Waals surface area (Å²) in [7, 11) is 0. The van der Waals surface area contributed by atoms with Gasteiger partial charge in [-0.2, -0.15) is 0 Å². The summed E-state index contributed by atoms with van der Waals surface area (Å²) in [5.41, 5.74) is 1.47. The Labute approximate surface area is 95.6 Å². The molecule has 0 aliphatic carbocycles. The lowest BCUT2D eigenvalue weighted by atomic mass is 9.69. The molecule has 0 amide bonds. The quantitative estimate of drug-likeness (QED) is 0.682. The van der Waals surface area contributed by atoms with Crippen LogP contribution in [-0.2, 0) is 0 Å². The van der Waals surface area contributed by atoms with E-state index in [4.69, 9.17) is 0 Å². The molecule has 0 aliphatic heterocycles. The number of rotatable bonds is 5. The summed E-state index contributed by atoms with van der Waals surface area (Å²) >= 11 is 0. The van der Waals surface area contributed by atoms with Crippen LogP contribution in [0.4, 0.5) is 0 Å². The summed E-state index contributed by atoms with van der Waals surface area (Å²) in [4.78, 5) is 0. The van der Waals surface area contributed by atoms with Gasteiger partial charge in [0.2, 0.25) is 0 Å². The van der Waals surface area contributed by atoms with E-state index in [0.717, 1.165) is 18.4 Å². The molecular weight excluding hydrogens is 184 g/mol. The molecule has 0 spiro atoms. The van der Waals surface area contributed by atoms with Crippen LogP contribution in [0.5, 0.6) is 0 Å². The van der Waals surface area contributed by atoms with Gasteiger partial charge in [-0.1, -0.05) is 40.2 Å². The Morgan fingerprint density at radius 3 is 2.00 bits per heavy atom. The van der Waals surface area contributed by atoms with E-state index in [-0.39, 0.29) is 12.0 Å². The maximum absolute atomic E-state index is 9.56. The fourth-order valence-corrected chi connectivity index (χ4v) is 2.24. The zero-order valence-corrected chi connectivity index (χ0v) is 11.4. The average molecular weight is 212 g/mol. The van der Waals surface area contributed by atoms with Crippen LogP contribution < -0.4 is 0 Å². The van der Waals surface area contributed by atoms with Crippen LogP contribution in [0.15, 0.2) is 12.2 Å². The minimum Gasteiger partial charge on any atom is -0.396 e. The van der Waals surface area contributed by atoms with E-state index in [1.165, 1.54) is 0 Å². The van der Waals surface area contributed by atoms with Gasteiger partial charge in [0.1, 0.15) is 0 Å². The topological polar surface area (TPSA) is 20.2 Å². The molecule has 0 bridgehead atoms. The molecule has 2 unspecified atom stereocenters. The first-order valence-corrected chi connectivity index (χ1v) is 5.86. The Kier molecular flexibility index (Phi) is 5.05. The highest BCUT2D eigenvalue weighted by Gasteiger charge is 2.32. The van der Waals surface area contributed by atoms with Crippen molar-refractivity contribution in [3.63, 3.8) is 0 Å². The maximum Gasteiger partial charge on any atom is 0.0490 e. The minimum atomic E-state index is -0.0148. The molecule has 0 rings (SSSR count). The molecule has 0 aromatic heterocycles. The zero-order chi connectivity index (χ0) is 12.3. The molecule has 0 aromatic rings. The molecule has 0 aliphatic rings. The molecule has 1 nitrogen and oxygen atoms in total. The van der Waals surface area contributed by atoms with Crippen molar-refractivity contribution in [2.24, 2.45) is 16.7 Å². The smallest absolute Gasteiger partial charge is 0.0490 e. The van der Waals surface area contributed by atoms with Crippen molar-refractivity contribution in [3.8, 4) is 0 Å². The van der Waals surface area contributed by atoms with Gasteiger partial charge < -0.3 is 5.11 Å². The molecule has 2 atom stereocenters. The van der Waals surface area contributed by atoms with Gasteiger partial charge in [-0.3, -0.25) is 0 Å². The molecule has 0 fully saturated rings. The highest BCUT2D eigenvalue weighted by molar-refractivity contribution is 4.97. The third-order valence-corrected chi connectivity index (χ3v) is 3.18. The molecule has 90 valence electrons. The van der Waals surface area contributed by atoms with Crippen molar-refractivity contribution in [1.29, 1.82) is 0 Å². The van der Waals surface area contributed by atoms with Crippen molar-refractivity contribution in [2.75, 3.05) is 6.61 Å². The van der Waals surface area contributed by atoms with E-state index in [1.807, 2.05) is 6.92 Å². The Morgan fingerprint density at radius 2 is 1.73 bits per heavy atom. The van der Waals surface area contributed by atoms with Gasteiger partial charge in [0.25, 0.3) is 0 Å². The van der Waals surface area contributed by atoms with E-state index < -0.39 is 0 Å². The lowest BCUT2D eigenvalue weighted by Gasteiger charge is -2.37. The van der Waals surface area contributed by atoms with Crippen molar-refractivity contribution in [2.45, 2.75) is 54.4 Å². The van der Waals surface area contributed by atoms with Crippen molar-refractivity contribution < 1.29 is 5.11 Å². The maximum atomic E-state index is 9.56. The van der Waals surface area contributed by atoms with Crippen LogP contribution >= 0.6 is 0 Å². The van der Waals surface area contributed by atoms with Crippen LogP contribution in [0.25, 0.3) is 0 Å². The Balaban J connectivity index is 4.57. The second-order valence-corrected chi connectivity index (χ2v) is 6.61. The Hall–Kier alpha value is -0.300. The highest BCUT2D eigenvalue weighted by atomic mass is 16.3. The van der Waals surface area contributed by atoms with Crippen LogP contribution in [0.2, 0.25) is 0 Å². The van der Waals surface area contributed by atoms with Gasteiger partial charge >= 0.3 is 0 Å². The molecule has 0 radical (unpaired) electrons. The normalized spacial score (nSPS) is 18.3. The van der Waals surface area contributed by atoms with E-state index in [2.05, 4.69) is 41.2 Å². The highest BCUT2D eigenvalue weighted by Crippen LogP contribution is 2.39. The molecule has 0 heterocycles. The fraction of sp³-hybridized carbons (Fsp3) is 0.857. The van der Waals surface area contributed by atoms with Crippen LogP contribution in [-0.4, -0.2) is 11.7 Å². The molecule has 0 saturated carbocycles. The summed E-state index contributed by atoms with van der Waals surface area (Å²) in [5.74, 6) is 0.513. The first kappa shape index (κ1) is 14.7. The van der Waals surface area contributed by atoms with Gasteiger partial charge in [-0.05, 0) is 36.5 Å². The van der Waals surface area contributed by atoms with Gasteiger partial charge in [0.05, 0.1) is 0 Å². The summed E-state index contributed by atoms with van der Waals surface area (Å²) in [6.07, 6.45) is 2.05. The Morgan fingerprint density at radius 1 is 1.27 bits per heavy atom. The van der Waals surface area contributed by atoms with Crippen molar-refractivity contribution in [3.05, 3.63) is 12.2 Å². The van der Waals surface area contributed by atoms with Gasteiger partial charge in [-0.15, -0.1) is 6.58 Å². The van der Waals surface area contributed by atoms with Gasteiger partial charge in [0.15, 0.2) is 0 Å². The number of aliphatic hydroxyl groups excluding tert-OH is 1. The van der Waals surface area contributed by atoms with Crippen LogP contribution in [0.1, 0.15) is 54.4 Å². The summed E-state index contributed by atoms with van der Waals surface area (Å²) in [6.45, 7) is 17.4. The monoisotopic (exact) mass is 212 g/mol. The second kappa shape index (κ2) is 5.16. The fourth-order valence-electron chi connectivity index (χ4n) is 2.24. The van der Waals surface area contributed by atoms with E-state index in [0.29, 0.717) is 11.3 Å². The largest absolute Gasteiger partial charge is 0.396 e. The molecule has 1 N–H and O–H groups in total. The zero-order valence-electron chi connectivity index (χ0n) is 11.4. The van der Waals surface area contributed by atoms with Crippen molar-refractivity contribution >= 4 is 0 Å². The van der Waals surface area contributed by atoms with E-state index in [9.17, 15) is 5.11 Å². The van der Waals surface area contributed by atoms with Crippen molar-refractivity contribution in [1.82, 2.24) is 0 Å². The Bertz CT molecular complexity index is 212. The predicted molar refractivity (Wildman–Crippen MR) is 67.9 cm³/mol. The lowest BCUT2D eigenvalue weighted by molar-refractivity contribution is 0.0638. The third-order valence-electron chi connectivity index (χ3n) is 3.18. The second-order valence-electron chi connectivity index (χ2n) is 6.61. The van der Waals surface area contributed by atoms with E-state index in [1.54, 1.807) is 0 Å². The summed E-state index contributed by atoms with van der Waals surface area (Å²) < 4.78 is 0. The van der Waals surface area contributed by atoms with E-state index >= 15 is 0 Å². The van der Waals surface area contributed by atoms with Crippen LogP contribution in [0, 0.1) is 16.7 Å². The number of allylic oxidation sites excluding steroid dienone is 1. The first-order valence-electron chi connectivity index (χ1n) is 5.86. The molecule has 0 aromatic carbocycles. The standard InChI is InChI=1S/C14H28O/c1-11(2)8-14(7,10-15)12(3)9-13(4,5)6/h12,15H,1,8-10H2,2-7H3. The number of hydrogen-bond donors (Lipinski definition) is 1. The molecular formula is C14H28O. The van der Waals surface area contributed by atoms with Gasteiger partial charge in [0, 0.05) is 6.61 Å². The number of hydrogen-bond acceptors (Lipinski definition) is 1. The number of aliphatic hydroxyl groups is 1. The van der Waals surface area contributed by atoms with Crippen LogP contribution in [0.3, 0.4) is 0 Å². The average Bonchev–Trinajstić information content (AvgIpc) is 1.99. The SMILES string of the molecule is C=C(C)CC(C)(CO)C(C)CC(C)(C)C. The summed E-state index contributed by atoms with van der Waals surface area (Å²) in [5, 5.41) is 9.56. The molecule has 15 heavy (non-hydrogen) atoms. The summed E-state index contributed by atoms with van der Waals surface area (Å²) in [6, 6.07) is 0. The predicted octanol–water partition coefficient (Wildman–Crippen LogP) is 4.02. The van der Waals surface area contributed by atoms with Gasteiger partial charge in [-0.25, -0.2) is 0 Å².